The van der Waals surface area contributed by atoms with Gasteiger partial charge in [0, 0.05) is 23.3 Å². The van der Waals surface area contributed by atoms with Crippen molar-refractivity contribution in [1.29, 1.82) is 0 Å². The molecule has 0 radical (unpaired) electrons. The normalized spacial score (nSPS) is 17.8. The van der Waals surface area contributed by atoms with E-state index in [9.17, 15) is 4.79 Å². The summed E-state index contributed by atoms with van der Waals surface area (Å²) in [5, 5.41) is 0.644. The van der Waals surface area contributed by atoms with Gasteiger partial charge in [-0.05, 0) is 18.2 Å². The van der Waals surface area contributed by atoms with Crippen LogP contribution in [-0.4, -0.2) is 42.6 Å². The summed E-state index contributed by atoms with van der Waals surface area (Å²) in [6.45, 7) is 1.43. The number of ether oxygens (including phenoxy) is 2. The highest BCUT2D eigenvalue weighted by molar-refractivity contribution is 6.31. The fourth-order valence-corrected chi connectivity index (χ4v) is 2.90. The van der Waals surface area contributed by atoms with E-state index in [1.54, 1.807) is 23.2 Å². The molecule has 0 saturated carbocycles. The molecule has 1 fully saturated rings. The fraction of sp³-hybridized carbons (Fsp3) is 0.294. The Morgan fingerprint density at radius 1 is 1.35 bits per heavy atom. The van der Waals surface area contributed by atoms with E-state index in [2.05, 4.69) is 4.98 Å². The summed E-state index contributed by atoms with van der Waals surface area (Å²) in [7, 11) is 1.50. The quantitative estimate of drug-likeness (QED) is 0.867. The Morgan fingerprint density at radius 3 is 2.96 bits per heavy atom. The minimum absolute atomic E-state index is 0.115. The number of hydrogen-bond donors (Lipinski definition) is 0. The van der Waals surface area contributed by atoms with E-state index in [0.29, 0.717) is 36.2 Å². The van der Waals surface area contributed by atoms with E-state index in [1.165, 1.54) is 7.11 Å². The summed E-state index contributed by atoms with van der Waals surface area (Å²) in [4.78, 5) is 18.6. The predicted octanol–water partition coefficient (Wildman–Crippen LogP) is 2.96. The zero-order chi connectivity index (χ0) is 16.2. The highest BCUT2D eigenvalue weighted by atomic mass is 35.5. The molecule has 5 nitrogen and oxygen atoms in total. The van der Waals surface area contributed by atoms with Gasteiger partial charge in [0.05, 0.1) is 20.3 Å². The van der Waals surface area contributed by atoms with Gasteiger partial charge in [0.15, 0.2) is 0 Å². The van der Waals surface area contributed by atoms with Crippen molar-refractivity contribution in [3.8, 4) is 5.88 Å². The Kier molecular flexibility index (Phi) is 4.79. The first-order valence-corrected chi connectivity index (χ1v) is 7.73. The van der Waals surface area contributed by atoms with Crippen molar-refractivity contribution >= 4 is 17.5 Å². The Hall–Kier alpha value is -2.11. The van der Waals surface area contributed by atoms with Crippen LogP contribution in [0.5, 0.6) is 5.88 Å². The molecule has 1 saturated heterocycles. The van der Waals surface area contributed by atoms with E-state index in [-0.39, 0.29) is 12.0 Å². The van der Waals surface area contributed by atoms with Crippen molar-refractivity contribution < 1.29 is 14.3 Å². The van der Waals surface area contributed by atoms with Crippen molar-refractivity contribution in [3.63, 3.8) is 0 Å². The van der Waals surface area contributed by atoms with Gasteiger partial charge >= 0.3 is 0 Å². The van der Waals surface area contributed by atoms with Crippen LogP contribution in [0.25, 0.3) is 0 Å². The topological polar surface area (TPSA) is 51.7 Å². The van der Waals surface area contributed by atoms with Crippen LogP contribution >= 0.6 is 11.6 Å². The Balaban J connectivity index is 1.81. The maximum Gasteiger partial charge on any atom is 0.259 e. The van der Waals surface area contributed by atoms with Gasteiger partial charge in [-0.1, -0.05) is 29.8 Å². The van der Waals surface area contributed by atoms with E-state index >= 15 is 0 Å². The first kappa shape index (κ1) is 15.8. The standard InChI is InChI=1S/C17H17ClN2O3/c1-22-16-13(6-4-8-19-16)17(21)20-9-10-23-15(11-20)12-5-2-3-7-14(12)18/h2-8,15H,9-11H2,1H3. The Bertz CT molecular complexity index is 708. The van der Waals surface area contributed by atoms with Crippen LogP contribution in [0.1, 0.15) is 22.0 Å². The van der Waals surface area contributed by atoms with Crippen LogP contribution in [0.15, 0.2) is 42.6 Å². The lowest BCUT2D eigenvalue weighted by Crippen LogP contribution is -2.42. The molecule has 0 bridgehead atoms. The van der Waals surface area contributed by atoms with Crippen LogP contribution in [0.2, 0.25) is 5.02 Å². The van der Waals surface area contributed by atoms with E-state index in [1.807, 2.05) is 24.3 Å². The van der Waals surface area contributed by atoms with Gasteiger partial charge in [0.2, 0.25) is 5.88 Å². The molecule has 3 rings (SSSR count). The maximum atomic E-state index is 12.8. The number of carbonyl (C=O) groups excluding carboxylic acids is 1. The SMILES string of the molecule is COc1ncccc1C(=O)N1CCOC(c2ccccc2Cl)C1. The van der Waals surface area contributed by atoms with Crippen molar-refractivity contribution in [3.05, 3.63) is 58.7 Å². The van der Waals surface area contributed by atoms with Gasteiger partial charge < -0.3 is 14.4 Å². The van der Waals surface area contributed by atoms with E-state index in [4.69, 9.17) is 21.1 Å². The minimum atomic E-state index is -0.232. The van der Waals surface area contributed by atoms with Crippen molar-refractivity contribution in [2.45, 2.75) is 6.10 Å². The third kappa shape index (κ3) is 3.30. The monoisotopic (exact) mass is 332 g/mol. The second-order valence-corrected chi connectivity index (χ2v) is 5.60. The smallest absolute Gasteiger partial charge is 0.259 e. The summed E-state index contributed by atoms with van der Waals surface area (Å²) in [6.07, 6.45) is 1.37. The molecule has 1 aromatic carbocycles. The number of rotatable bonds is 3. The molecule has 120 valence electrons. The van der Waals surface area contributed by atoms with Crippen LogP contribution in [0.4, 0.5) is 0 Å². The van der Waals surface area contributed by atoms with Gasteiger partial charge in [0.25, 0.3) is 5.91 Å². The van der Waals surface area contributed by atoms with Crippen LogP contribution < -0.4 is 4.74 Å². The molecule has 0 N–H and O–H groups in total. The molecular weight excluding hydrogens is 316 g/mol. The largest absolute Gasteiger partial charge is 0.480 e. The second-order valence-electron chi connectivity index (χ2n) is 5.19. The Labute approximate surface area is 139 Å². The molecule has 2 aromatic rings. The zero-order valence-corrected chi connectivity index (χ0v) is 13.5. The highest BCUT2D eigenvalue weighted by Gasteiger charge is 2.28. The average Bonchev–Trinajstić information content (AvgIpc) is 2.61. The number of pyridine rings is 1. The molecule has 23 heavy (non-hydrogen) atoms. The fourth-order valence-electron chi connectivity index (χ4n) is 2.64. The average molecular weight is 333 g/mol. The van der Waals surface area contributed by atoms with Gasteiger partial charge in [-0.15, -0.1) is 0 Å². The van der Waals surface area contributed by atoms with E-state index in [0.717, 1.165) is 5.56 Å². The number of benzene rings is 1. The lowest BCUT2D eigenvalue weighted by atomic mass is 10.1. The lowest BCUT2D eigenvalue weighted by molar-refractivity contribution is -0.0228. The first-order valence-electron chi connectivity index (χ1n) is 7.35. The molecule has 1 amide bonds. The highest BCUT2D eigenvalue weighted by Crippen LogP contribution is 2.29. The molecule has 1 unspecified atom stereocenters. The van der Waals surface area contributed by atoms with E-state index < -0.39 is 0 Å². The molecule has 1 aliphatic heterocycles. The molecule has 0 spiro atoms. The summed E-state index contributed by atoms with van der Waals surface area (Å²) >= 11 is 6.24. The predicted molar refractivity (Wildman–Crippen MR) is 86.8 cm³/mol. The van der Waals surface area contributed by atoms with Crippen molar-refractivity contribution in [1.82, 2.24) is 9.88 Å². The number of nitrogens with zero attached hydrogens (tertiary/aromatic N) is 2. The first-order chi connectivity index (χ1) is 11.2. The molecule has 2 heterocycles. The summed E-state index contributed by atoms with van der Waals surface area (Å²) in [5.74, 6) is 0.216. The van der Waals surface area contributed by atoms with Gasteiger partial charge in [0.1, 0.15) is 11.7 Å². The Morgan fingerprint density at radius 2 is 2.17 bits per heavy atom. The lowest BCUT2D eigenvalue weighted by Gasteiger charge is -2.33. The number of morpholine rings is 1. The molecule has 1 aromatic heterocycles. The zero-order valence-electron chi connectivity index (χ0n) is 12.7. The van der Waals surface area contributed by atoms with Crippen LogP contribution in [0.3, 0.4) is 0 Å². The van der Waals surface area contributed by atoms with Gasteiger partial charge in [-0.25, -0.2) is 4.98 Å². The number of halogens is 1. The van der Waals surface area contributed by atoms with Crippen LogP contribution in [0, 0.1) is 0 Å². The van der Waals surface area contributed by atoms with Crippen molar-refractivity contribution in [2.24, 2.45) is 0 Å². The number of aromatic nitrogens is 1. The second kappa shape index (κ2) is 6.98. The molecular formula is C17H17ClN2O3. The van der Waals surface area contributed by atoms with Gasteiger partial charge in [-0.3, -0.25) is 4.79 Å². The molecule has 6 heteroatoms. The van der Waals surface area contributed by atoms with Crippen LogP contribution in [-0.2, 0) is 4.74 Å². The summed E-state index contributed by atoms with van der Waals surface area (Å²) < 4.78 is 11.0. The molecule has 1 aliphatic rings. The molecule has 1 atom stereocenters. The summed E-state index contributed by atoms with van der Waals surface area (Å²) in [6, 6.07) is 11.0. The maximum absolute atomic E-state index is 12.8. The number of methoxy groups -OCH3 is 1. The van der Waals surface area contributed by atoms with Crippen molar-refractivity contribution in [2.75, 3.05) is 26.8 Å². The number of carbonyl (C=O) groups is 1. The third-order valence-electron chi connectivity index (χ3n) is 3.80. The minimum Gasteiger partial charge on any atom is -0.480 e. The number of hydrogen-bond acceptors (Lipinski definition) is 4. The summed E-state index contributed by atoms with van der Waals surface area (Å²) in [5.41, 5.74) is 1.35. The number of amides is 1. The third-order valence-corrected chi connectivity index (χ3v) is 4.14. The molecule has 0 aliphatic carbocycles. The van der Waals surface area contributed by atoms with Gasteiger partial charge in [-0.2, -0.15) is 0 Å².